The highest BCUT2D eigenvalue weighted by Gasteiger charge is 2.32. The fraction of sp³-hybridized carbons (Fsp3) is 0.789. The van der Waals surface area contributed by atoms with E-state index in [4.69, 9.17) is 14.5 Å². The summed E-state index contributed by atoms with van der Waals surface area (Å²) in [6, 6.07) is 0.634. The molecule has 0 saturated carbocycles. The Morgan fingerprint density at radius 2 is 2.44 bits per heavy atom. The molecule has 1 N–H and O–H groups in total. The van der Waals surface area contributed by atoms with Crippen molar-refractivity contribution < 1.29 is 9.47 Å². The van der Waals surface area contributed by atoms with Crippen molar-refractivity contribution in [3.8, 4) is 0 Å². The second kappa shape index (κ2) is 9.82. The van der Waals surface area contributed by atoms with E-state index in [1.165, 1.54) is 19.4 Å². The Bertz CT molecular complexity index is 623. The lowest BCUT2D eigenvalue weighted by atomic mass is 10.2. The van der Waals surface area contributed by atoms with Gasteiger partial charge in [-0.25, -0.2) is 4.98 Å². The summed E-state index contributed by atoms with van der Waals surface area (Å²) in [5, 5.41) is 6.50. The second-order valence-electron chi connectivity index (χ2n) is 7.35. The topological polar surface area (TPSA) is 62.2 Å². The first-order valence-electron chi connectivity index (χ1n) is 9.92. The molecule has 8 heteroatoms. The first-order valence-corrected chi connectivity index (χ1v) is 10.8. The van der Waals surface area contributed by atoms with Crippen molar-refractivity contribution in [2.24, 2.45) is 4.99 Å². The highest BCUT2D eigenvalue weighted by molar-refractivity contribution is 7.09. The molecule has 1 aromatic heterocycles. The third-order valence-corrected chi connectivity index (χ3v) is 6.33. The average molecular weight is 396 g/mol. The first-order chi connectivity index (χ1) is 13.1. The van der Waals surface area contributed by atoms with Crippen LogP contribution in [-0.2, 0) is 16.0 Å². The maximum atomic E-state index is 6.04. The zero-order valence-corrected chi connectivity index (χ0v) is 17.8. The van der Waals surface area contributed by atoms with Crippen LogP contribution >= 0.6 is 11.3 Å². The van der Waals surface area contributed by atoms with Crippen molar-refractivity contribution >= 4 is 17.3 Å². The van der Waals surface area contributed by atoms with Crippen LogP contribution in [0.4, 0.5) is 0 Å². The Hall–Kier alpha value is -1.22. The molecule has 3 rings (SSSR count). The van der Waals surface area contributed by atoms with Gasteiger partial charge in [-0.3, -0.25) is 9.89 Å². The molecule has 0 radical (unpaired) electrons. The molecule has 3 heterocycles. The van der Waals surface area contributed by atoms with Crippen LogP contribution in [-0.4, -0.2) is 79.8 Å². The fourth-order valence-electron chi connectivity index (χ4n) is 3.65. The van der Waals surface area contributed by atoms with Crippen molar-refractivity contribution in [3.63, 3.8) is 0 Å². The van der Waals surface area contributed by atoms with Gasteiger partial charge in [-0.15, -0.1) is 11.3 Å². The summed E-state index contributed by atoms with van der Waals surface area (Å²) in [7, 11) is 3.77. The number of morpholine rings is 1. The lowest BCUT2D eigenvalue weighted by Gasteiger charge is -2.34. The van der Waals surface area contributed by atoms with E-state index in [2.05, 4.69) is 39.5 Å². The van der Waals surface area contributed by atoms with Crippen LogP contribution in [0.3, 0.4) is 0 Å². The van der Waals surface area contributed by atoms with Gasteiger partial charge in [-0.05, 0) is 33.2 Å². The van der Waals surface area contributed by atoms with E-state index in [0.29, 0.717) is 12.6 Å². The predicted octanol–water partition coefficient (Wildman–Crippen LogP) is 2.11. The minimum absolute atomic E-state index is 0.0359. The predicted molar refractivity (Wildman–Crippen MR) is 109 cm³/mol. The molecule has 2 aliphatic heterocycles. The number of thiazole rings is 1. The molecule has 2 fully saturated rings. The van der Waals surface area contributed by atoms with Gasteiger partial charge < -0.3 is 19.7 Å². The molecule has 0 aliphatic carbocycles. The molecule has 0 spiro atoms. The maximum absolute atomic E-state index is 6.04. The molecule has 152 valence electrons. The van der Waals surface area contributed by atoms with Crippen LogP contribution in [0.1, 0.15) is 43.5 Å². The third kappa shape index (κ3) is 5.40. The SMILES string of the molecule is CCNC(=NCC1CN2CCCC2CO1)N(C)Cc1csc(C(C)OC)n1. The van der Waals surface area contributed by atoms with Crippen LogP contribution in [0.5, 0.6) is 0 Å². The number of methoxy groups -OCH3 is 1. The monoisotopic (exact) mass is 395 g/mol. The lowest BCUT2D eigenvalue weighted by molar-refractivity contribution is -0.0432. The van der Waals surface area contributed by atoms with Gasteiger partial charge in [0, 0.05) is 38.7 Å². The number of nitrogens with one attached hydrogen (secondary N) is 1. The summed E-state index contributed by atoms with van der Waals surface area (Å²) in [6.45, 7) is 9.43. The average Bonchev–Trinajstić information content (AvgIpc) is 3.33. The molecule has 0 bridgehead atoms. The number of guanidine groups is 1. The molecule has 1 aromatic rings. The van der Waals surface area contributed by atoms with E-state index in [0.717, 1.165) is 42.9 Å². The Balaban J connectivity index is 1.56. The van der Waals surface area contributed by atoms with Crippen molar-refractivity contribution in [3.05, 3.63) is 16.1 Å². The molecule has 0 amide bonds. The van der Waals surface area contributed by atoms with Crippen LogP contribution in [0.25, 0.3) is 0 Å². The molecule has 2 aliphatic rings. The van der Waals surface area contributed by atoms with Crippen molar-refractivity contribution in [1.82, 2.24) is 20.1 Å². The standard InChI is InChI=1S/C19H33N5O2S/c1-5-20-19(21-9-17-11-24-8-6-7-16(24)12-26-17)23(3)10-15-13-27-18(22-15)14(2)25-4/h13-14,16-17H,5-12H2,1-4H3,(H,20,21). The molecule has 3 unspecified atom stereocenters. The van der Waals surface area contributed by atoms with E-state index in [-0.39, 0.29) is 12.2 Å². The third-order valence-electron chi connectivity index (χ3n) is 5.27. The molecular weight excluding hydrogens is 362 g/mol. The summed E-state index contributed by atoms with van der Waals surface area (Å²) in [5.41, 5.74) is 1.04. The van der Waals surface area contributed by atoms with Crippen LogP contribution < -0.4 is 5.32 Å². The number of ether oxygens (including phenoxy) is 2. The minimum atomic E-state index is 0.0359. The number of nitrogens with zero attached hydrogens (tertiary/aromatic N) is 4. The number of aromatic nitrogens is 1. The van der Waals surface area contributed by atoms with Crippen molar-refractivity contribution in [1.29, 1.82) is 0 Å². The minimum Gasteiger partial charge on any atom is -0.375 e. The summed E-state index contributed by atoms with van der Waals surface area (Å²) >= 11 is 1.65. The number of hydrogen-bond donors (Lipinski definition) is 1. The van der Waals surface area contributed by atoms with E-state index in [1.807, 2.05) is 6.92 Å². The highest BCUT2D eigenvalue weighted by Crippen LogP contribution is 2.23. The van der Waals surface area contributed by atoms with Gasteiger partial charge in [-0.1, -0.05) is 0 Å². The molecule has 3 atom stereocenters. The molecule has 0 aromatic carbocycles. The van der Waals surface area contributed by atoms with Gasteiger partial charge in [0.25, 0.3) is 0 Å². The van der Waals surface area contributed by atoms with E-state index in [9.17, 15) is 0 Å². The summed E-state index contributed by atoms with van der Waals surface area (Å²) in [5.74, 6) is 0.902. The van der Waals surface area contributed by atoms with E-state index >= 15 is 0 Å². The first kappa shape index (κ1) is 20.5. The van der Waals surface area contributed by atoms with E-state index in [1.54, 1.807) is 18.4 Å². The summed E-state index contributed by atoms with van der Waals surface area (Å²) in [4.78, 5) is 14.2. The smallest absolute Gasteiger partial charge is 0.194 e. The zero-order valence-electron chi connectivity index (χ0n) is 17.0. The largest absolute Gasteiger partial charge is 0.375 e. The van der Waals surface area contributed by atoms with Crippen LogP contribution in [0, 0.1) is 0 Å². The van der Waals surface area contributed by atoms with Gasteiger partial charge in [0.2, 0.25) is 0 Å². The maximum Gasteiger partial charge on any atom is 0.194 e. The van der Waals surface area contributed by atoms with Crippen LogP contribution in [0.15, 0.2) is 10.4 Å². The fourth-order valence-corrected chi connectivity index (χ4v) is 4.50. The Morgan fingerprint density at radius 1 is 1.59 bits per heavy atom. The van der Waals surface area contributed by atoms with Gasteiger partial charge >= 0.3 is 0 Å². The lowest BCUT2D eigenvalue weighted by Crippen LogP contribution is -2.47. The van der Waals surface area contributed by atoms with Gasteiger partial charge in [0.05, 0.1) is 31.5 Å². The Kier molecular flexibility index (Phi) is 7.46. The normalized spacial score (nSPS) is 24.7. The Morgan fingerprint density at radius 3 is 3.22 bits per heavy atom. The molecule has 27 heavy (non-hydrogen) atoms. The molecule has 2 saturated heterocycles. The quantitative estimate of drug-likeness (QED) is 0.564. The van der Waals surface area contributed by atoms with Gasteiger partial charge in [0.1, 0.15) is 11.1 Å². The van der Waals surface area contributed by atoms with Crippen molar-refractivity contribution in [2.75, 3.05) is 46.9 Å². The molecular formula is C19H33N5O2S. The highest BCUT2D eigenvalue weighted by atomic mass is 32.1. The zero-order chi connectivity index (χ0) is 19.2. The second-order valence-corrected chi connectivity index (χ2v) is 8.24. The van der Waals surface area contributed by atoms with Crippen LogP contribution in [0.2, 0.25) is 0 Å². The summed E-state index contributed by atoms with van der Waals surface area (Å²) < 4.78 is 11.4. The number of fused-ring (bicyclic) bond motifs is 1. The number of aliphatic imine (C=N–C) groups is 1. The Labute approximate surface area is 166 Å². The molecule has 7 nitrogen and oxygen atoms in total. The summed E-state index contributed by atoms with van der Waals surface area (Å²) in [6.07, 6.45) is 2.80. The van der Waals surface area contributed by atoms with Gasteiger partial charge in [0.15, 0.2) is 5.96 Å². The van der Waals surface area contributed by atoms with Gasteiger partial charge in [-0.2, -0.15) is 0 Å². The number of hydrogen-bond acceptors (Lipinski definition) is 6. The van der Waals surface area contributed by atoms with Crippen molar-refractivity contribution in [2.45, 2.75) is 51.5 Å². The van der Waals surface area contributed by atoms with E-state index < -0.39 is 0 Å². The number of rotatable bonds is 7.